The average molecular weight is 169 g/mol. The van der Waals surface area contributed by atoms with Gasteiger partial charge in [0.15, 0.2) is 0 Å². The molecule has 1 aromatic rings. The van der Waals surface area contributed by atoms with Crippen LogP contribution < -0.4 is 5.32 Å². The maximum Gasteiger partial charge on any atom is 0.230 e. The maximum atomic E-state index is 10.8. The van der Waals surface area contributed by atoms with Gasteiger partial charge in [-0.2, -0.15) is 11.3 Å². The molecule has 0 aliphatic rings. The molecule has 0 atom stereocenters. The first-order valence-electron chi connectivity index (χ1n) is 3.07. The van der Waals surface area contributed by atoms with Crippen molar-refractivity contribution in [3.63, 3.8) is 0 Å². The second-order valence-corrected chi connectivity index (χ2v) is 2.77. The summed E-state index contributed by atoms with van der Waals surface area (Å²) < 4.78 is 0. The normalized spacial score (nSPS) is 9.09. The van der Waals surface area contributed by atoms with Gasteiger partial charge in [0, 0.05) is 0 Å². The molecule has 1 heterocycles. The number of thiophene rings is 1. The number of nitrogens with one attached hydrogen (secondary N) is 1. The Hall–Kier alpha value is -1.16. The van der Waals surface area contributed by atoms with Gasteiger partial charge in [0.05, 0.1) is 6.42 Å². The Morgan fingerprint density at radius 1 is 1.73 bits per heavy atom. The van der Waals surface area contributed by atoms with E-state index in [0.29, 0.717) is 6.41 Å². The summed E-state index contributed by atoms with van der Waals surface area (Å²) in [4.78, 5) is 20.6. The summed E-state index contributed by atoms with van der Waals surface area (Å²) in [5, 5.41) is 5.84. The van der Waals surface area contributed by atoms with Crippen molar-refractivity contribution < 1.29 is 9.59 Å². The molecule has 0 aliphatic carbocycles. The van der Waals surface area contributed by atoms with Crippen molar-refractivity contribution in [2.24, 2.45) is 0 Å². The van der Waals surface area contributed by atoms with Gasteiger partial charge in [-0.1, -0.05) is 0 Å². The molecule has 0 aromatic carbocycles. The van der Waals surface area contributed by atoms with Crippen molar-refractivity contribution in [2.75, 3.05) is 0 Å². The standard InChI is InChI=1S/C7H7NO2S/c9-5-8-7(10)3-6-1-2-11-4-6/h1-2,4-5H,3H2,(H,8,9,10). The van der Waals surface area contributed by atoms with E-state index < -0.39 is 0 Å². The van der Waals surface area contributed by atoms with E-state index >= 15 is 0 Å². The summed E-state index contributed by atoms with van der Waals surface area (Å²) in [5.74, 6) is -0.265. The molecule has 4 heteroatoms. The van der Waals surface area contributed by atoms with Crippen molar-refractivity contribution in [3.8, 4) is 0 Å². The van der Waals surface area contributed by atoms with Gasteiger partial charge in [-0.25, -0.2) is 0 Å². The SMILES string of the molecule is O=CNC(=O)Cc1ccsc1. The second-order valence-electron chi connectivity index (χ2n) is 1.99. The van der Waals surface area contributed by atoms with Gasteiger partial charge < -0.3 is 0 Å². The highest BCUT2D eigenvalue weighted by atomic mass is 32.1. The third kappa shape index (κ3) is 2.51. The Balaban J connectivity index is 2.43. The maximum absolute atomic E-state index is 10.8. The lowest BCUT2D eigenvalue weighted by atomic mass is 10.2. The second kappa shape index (κ2) is 3.88. The van der Waals surface area contributed by atoms with Crippen LogP contribution in [0.25, 0.3) is 0 Å². The molecule has 0 spiro atoms. The van der Waals surface area contributed by atoms with Crippen LogP contribution in [0.4, 0.5) is 0 Å². The van der Waals surface area contributed by atoms with Gasteiger partial charge in [0.25, 0.3) is 0 Å². The Morgan fingerprint density at radius 2 is 2.55 bits per heavy atom. The molecule has 58 valence electrons. The van der Waals surface area contributed by atoms with Crippen molar-refractivity contribution in [1.29, 1.82) is 0 Å². The highest BCUT2D eigenvalue weighted by Crippen LogP contribution is 2.05. The smallest absolute Gasteiger partial charge is 0.230 e. The molecule has 0 unspecified atom stereocenters. The van der Waals surface area contributed by atoms with E-state index in [9.17, 15) is 9.59 Å². The highest BCUT2D eigenvalue weighted by molar-refractivity contribution is 7.07. The fourth-order valence-electron chi connectivity index (χ4n) is 0.695. The number of hydrogen-bond acceptors (Lipinski definition) is 3. The van der Waals surface area contributed by atoms with Gasteiger partial charge in [-0.05, 0) is 22.4 Å². The molecular weight excluding hydrogens is 162 g/mol. The van der Waals surface area contributed by atoms with Crippen molar-refractivity contribution in [2.45, 2.75) is 6.42 Å². The first kappa shape index (κ1) is 7.94. The molecule has 3 nitrogen and oxygen atoms in total. The number of carbonyl (C=O) groups is 2. The Labute approximate surface area is 68.0 Å². The predicted octanol–water partition coefficient (Wildman–Crippen LogP) is 0.563. The fourth-order valence-corrected chi connectivity index (χ4v) is 1.36. The molecule has 1 rings (SSSR count). The molecule has 0 saturated carbocycles. The van der Waals surface area contributed by atoms with Gasteiger partial charge in [-0.3, -0.25) is 14.9 Å². The minimum Gasteiger partial charge on any atom is -0.299 e. The first-order valence-corrected chi connectivity index (χ1v) is 4.01. The van der Waals surface area contributed by atoms with Gasteiger partial charge in [0.2, 0.25) is 12.3 Å². The quantitative estimate of drug-likeness (QED) is 0.672. The van der Waals surface area contributed by atoms with Gasteiger partial charge in [-0.15, -0.1) is 0 Å². The van der Waals surface area contributed by atoms with Crippen LogP contribution in [0.2, 0.25) is 0 Å². The molecule has 0 radical (unpaired) electrons. The largest absolute Gasteiger partial charge is 0.299 e. The van der Waals surface area contributed by atoms with Crippen molar-refractivity contribution >= 4 is 23.7 Å². The highest BCUT2D eigenvalue weighted by Gasteiger charge is 2.00. The number of rotatable bonds is 3. The average Bonchev–Trinajstić information content (AvgIpc) is 2.40. The number of imide groups is 1. The zero-order valence-corrected chi connectivity index (χ0v) is 6.56. The van der Waals surface area contributed by atoms with Crippen LogP contribution in [0.5, 0.6) is 0 Å². The van der Waals surface area contributed by atoms with Crippen LogP contribution in [-0.2, 0) is 16.0 Å². The van der Waals surface area contributed by atoms with E-state index in [1.54, 1.807) is 0 Å². The lowest BCUT2D eigenvalue weighted by Gasteiger charge is -1.93. The van der Waals surface area contributed by atoms with Crippen LogP contribution in [0.3, 0.4) is 0 Å². The molecule has 0 fully saturated rings. The zero-order valence-electron chi connectivity index (χ0n) is 5.74. The van der Waals surface area contributed by atoms with E-state index in [0.717, 1.165) is 5.56 Å². The minimum absolute atomic E-state index is 0.265. The van der Waals surface area contributed by atoms with E-state index in [4.69, 9.17) is 0 Å². The molecule has 1 N–H and O–H groups in total. The van der Waals surface area contributed by atoms with E-state index in [2.05, 4.69) is 5.32 Å². The van der Waals surface area contributed by atoms with Crippen molar-refractivity contribution in [1.82, 2.24) is 5.32 Å². The molecule has 1 aromatic heterocycles. The fraction of sp³-hybridized carbons (Fsp3) is 0.143. The zero-order chi connectivity index (χ0) is 8.10. The number of carbonyl (C=O) groups excluding carboxylic acids is 2. The van der Waals surface area contributed by atoms with Gasteiger partial charge >= 0.3 is 0 Å². The van der Waals surface area contributed by atoms with Crippen LogP contribution in [0.1, 0.15) is 5.56 Å². The lowest BCUT2D eigenvalue weighted by Crippen LogP contribution is -2.22. The van der Waals surface area contributed by atoms with Crippen molar-refractivity contribution in [3.05, 3.63) is 22.4 Å². The summed E-state index contributed by atoms with van der Waals surface area (Å²) in [6, 6.07) is 1.86. The Morgan fingerprint density at radius 3 is 3.09 bits per heavy atom. The first-order chi connectivity index (χ1) is 5.33. The summed E-state index contributed by atoms with van der Waals surface area (Å²) in [5.41, 5.74) is 0.939. The molecule has 0 bridgehead atoms. The topological polar surface area (TPSA) is 46.2 Å². The van der Waals surface area contributed by atoms with Crippen LogP contribution in [0.15, 0.2) is 16.8 Å². The molecule has 2 amide bonds. The molecular formula is C7H7NO2S. The van der Waals surface area contributed by atoms with Crippen LogP contribution in [-0.4, -0.2) is 12.3 Å². The van der Waals surface area contributed by atoms with Gasteiger partial charge in [0.1, 0.15) is 0 Å². The van der Waals surface area contributed by atoms with E-state index in [1.165, 1.54) is 11.3 Å². The van der Waals surface area contributed by atoms with E-state index in [-0.39, 0.29) is 12.3 Å². The summed E-state index contributed by atoms with van der Waals surface area (Å²) >= 11 is 1.53. The number of hydrogen-bond donors (Lipinski definition) is 1. The Bertz CT molecular complexity index is 243. The third-order valence-electron chi connectivity index (χ3n) is 1.16. The number of amides is 2. The molecule has 11 heavy (non-hydrogen) atoms. The summed E-state index contributed by atoms with van der Waals surface area (Å²) in [7, 11) is 0. The predicted molar refractivity (Wildman–Crippen MR) is 42.2 cm³/mol. The minimum atomic E-state index is -0.265. The molecule has 0 aliphatic heterocycles. The monoisotopic (exact) mass is 169 g/mol. The van der Waals surface area contributed by atoms with Crippen LogP contribution in [0, 0.1) is 0 Å². The van der Waals surface area contributed by atoms with Crippen LogP contribution >= 0.6 is 11.3 Å². The summed E-state index contributed by atoms with van der Waals surface area (Å²) in [6.45, 7) is 0. The molecule has 0 saturated heterocycles. The third-order valence-corrected chi connectivity index (χ3v) is 1.90. The Kier molecular flexibility index (Phi) is 2.80. The van der Waals surface area contributed by atoms with E-state index in [1.807, 2.05) is 16.8 Å². The lowest BCUT2D eigenvalue weighted by molar-refractivity contribution is -0.124. The summed E-state index contributed by atoms with van der Waals surface area (Å²) in [6.07, 6.45) is 0.678.